The summed E-state index contributed by atoms with van der Waals surface area (Å²) in [5.41, 5.74) is 0.554. The lowest BCUT2D eigenvalue weighted by Gasteiger charge is -2.24. The molecule has 2 N–H and O–H groups in total. The second-order valence-corrected chi connectivity index (χ2v) is 6.87. The zero-order chi connectivity index (χ0) is 15.5. The Morgan fingerprint density at radius 1 is 1.26 bits per heavy atom. The molecule has 0 radical (unpaired) electrons. The largest absolute Gasteiger partial charge is 0.343 e. The summed E-state index contributed by atoms with van der Waals surface area (Å²) in [5.74, 6) is -0.221. The Kier molecular flexibility index (Phi) is 6.44. The molecule has 5 nitrogen and oxygen atoms in total. The Bertz CT molecular complexity index is 584. The van der Waals surface area contributed by atoms with Crippen LogP contribution in [0.1, 0.15) is 29.6 Å². The fourth-order valence-corrected chi connectivity index (χ4v) is 3.57. The third kappa shape index (κ3) is 4.68. The van der Waals surface area contributed by atoms with Crippen molar-refractivity contribution in [2.75, 3.05) is 19.6 Å². The average molecular weight is 403 g/mol. The van der Waals surface area contributed by atoms with E-state index in [0.29, 0.717) is 17.6 Å². The monoisotopic (exact) mass is 401 g/mol. The lowest BCUT2D eigenvalue weighted by Crippen LogP contribution is -2.44. The number of hydrogen-bond acceptors (Lipinski definition) is 3. The highest BCUT2D eigenvalue weighted by Crippen LogP contribution is 2.20. The summed E-state index contributed by atoms with van der Waals surface area (Å²) >= 11 is 3.34. The van der Waals surface area contributed by atoms with Crippen molar-refractivity contribution in [2.24, 2.45) is 0 Å². The number of carbonyl (C=O) groups is 2. The van der Waals surface area contributed by atoms with E-state index in [4.69, 9.17) is 0 Å². The minimum atomic E-state index is -0.218. The van der Waals surface area contributed by atoms with Crippen LogP contribution in [0.5, 0.6) is 0 Å². The van der Waals surface area contributed by atoms with Gasteiger partial charge in [0.05, 0.1) is 6.54 Å². The molecule has 2 heterocycles. The molecule has 7 heteroatoms. The summed E-state index contributed by atoms with van der Waals surface area (Å²) in [5, 5.41) is 6.26. The molecule has 2 aliphatic rings. The van der Waals surface area contributed by atoms with E-state index in [1.807, 2.05) is 11.0 Å². The number of amides is 2. The van der Waals surface area contributed by atoms with Gasteiger partial charge in [-0.25, -0.2) is 0 Å². The van der Waals surface area contributed by atoms with E-state index in [1.54, 1.807) is 18.2 Å². The molecule has 3 rings (SSSR count). The number of fused-ring (bicyclic) bond motifs is 2. The zero-order valence-electron chi connectivity index (χ0n) is 12.8. The van der Waals surface area contributed by atoms with Gasteiger partial charge in [-0.15, -0.1) is 12.4 Å². The molecule has 1 aromatic rings. The van der Waals surface area contributed by atoms with Gasteiger partial charge in [0.1, 0.15) is 0 Å². The molecule has 2 atom stereocenters. The van der Waals surface area contributed by atoms with Crippen molar-refractivity contribution < 1.29 is 9.59 Å². The second-order valence-electron chi connectivity index (χ2n) is 5.96. The number of nitrogens with one attached hydrogen (secondary N) is 2. The minimum Gasteiger partial charge on any atom is -0.343 e. The average Bonchev–Trinajstić information content (AvgIpc) is 2.83. The minimum absolute atomic E-state index is 0. The van der Waals surface area contributed by atoms with Gasteiger partial charge < -0.3 is 15.5 Å². The maximum absolute atomic E-state index is 12.3. The predicted molar refractivity (Wildman–Crippen MR) is 94.9 cm³/mol. The summed E-state index contributed by atoms with van der Waals surface area (Å²) in [4.78, 5) is 26.2. The number of halogens is 2. The van der Waals surface area contributed by atoms with Crippen molar-refractivity contribution in [2.45, 2.75) is 31.3 Å². The molecule has 2 amide bonds. The van der Waals surface area contributed by atoms with Gasteiger partial charge in [-0.05, 0) is 37.5 Å². The van der Waals surface area contributed by atoms with Gasteiger partial charge in [0.25, 0.3) is 5.91 Å². The maximum Gasteiger partial charge on any atom is 0.251 e. The number of nitrogens with zero attached hydrogens (tertiary/aromatic N) is 1. The van der Waals surface area contributed by atoms with E-state index < -0.39 is 0 Å². The summed E-state index contributed by atoms with van der Waals surface area (Å²) in [6, 6.07) is 8.11. The van der Waals surface area contributed by atoms with Crippen LogP contribution in [0.25, 0.3) is 0 Å². The number of carbonyl (C=O) groups excluding carboxylic acids is 2. The van der Waals surface area contributed by atoms with Gasteiger partial charge in [-0.3, -0.25) is 9.59 Å². The van der Waals surface area contributed by atoms with E-state index in [9.17, 15) is 9.59 Å². The van der Waals surface area contributed by atoms with Crippen LogP contribution >= 0.6 is 28.3 Å². The van der Waals surface area contributed by atoms with Crippen molar-refractivity contribution in [3.63, 3.8) is 0 Å². The van der Waals surface area contributed by atoms with E-state index in [-0.39, 0.29) is 30.8 Å². The van der Waals surface area contributed by atoms with E-state index in [2.05, 4.69) is 26.6 Å². The SMILES string of the molecule is Cl.O=C(NCC(=O)N1CCC2CCC(C1)N2)c1cccc(Br)c1. The normalized spacial score (nSPS) is 22.9. The lowest BCUT2D eigenvalue weighted by molar-refractivity contribution is -0.130. The molecular formula is C16H21BrClN3O2. The lowest BCUT2D eigenvalue weighted by atomic mass is 10.1. The molecule has 2 bridgehead atoms. The number of rotatable bonds is 3. The first-order chi connectivity index (χ1) is 10.6. The molecule has 2 aliphatic heterocycles. The molecule has 0 spiro atoms. The van der Waals surface area contributed by atoms with Gasteiger partial charge in [-0.1, -0.05) is 22.0 Å². The zero-order valence-corrected chi connectivity index (χ0v) is 15.2. The van der Waals surface area contributed by atoms with Gasteiger partial charge in [0, 0.05) is 35.2 Å². The van der Waals surface area contributed by atoms with Gasteiger partial charge in [-0.2, -0.15) is 0 Å². The molecule has 126 valence electrons. The quantitative estimate of drug-likeness (QED) is 0.812. The van der Waals surface area contributed by atoms with E-state index in [1.165, 1.54) is 6.42 Å². The Hall–Kier alpha value is -1.11. The Labute approximate surface area is 150 Å². The van der Waals surface area contributed by atoms with Gasteiger partial charge in [0.2, 0.25) is 5.91 Å². The summed E-state index contributed by atoms with van der Waals surface area (Å²) < 4.78 is 0.848. The van der Waals surface area contributed by atoms with Crippen LogP contribution in [0.2, 0.25) is 0 Å². The van der Waals surface area contributed by atoms with Crippen LogP contribution in [0.4, 0.5) is 0 Å². The first kappa shape index (κ1) is 18.2. The summed E-state index contributed by atoms with van der Waals surface area (Å²) in [6.07, 6.45) is 3.35. The molecular weight excluding hydrogens is 382 g/mol. The molecule has 0 saturated carbocycles. The fourth-order valence-electron chi connectivity index (χ4n) is 3.17. The fraction of sp³-hybridized carbons (Fsp3) is 0.500. The van der Waals surface area contributed by atoms with Crippen LogP contribution in [0, 0.1) is 0 Å². The first-order valence-electron chi connectivity index (χ1n) is 7.69. The standard InChI is InChI=1S/C16H20BrN3O2.ClH/c17-12-3-1-2-11(8-12)16(22)18-9-15(21)20-7-6-13-4-5-14(10-20)19-13;/h1-3,8,13-14,19H,4-7,9-10H2,(H,18,22);1H. The molecule has 23 heavy (non-hydrogen) atoms. The highest BCUT2D eigenvalue weighted by molar-refractivity contribution is 9.10. The van der Waals surface area contributed by atoms with Crippen LogP contribution in [-0.4, -0.2) is 48.4 Å². The van der Waals surface area contributed by atoms with Gasteiger partial charge >= 0.3 is 0 Å². The number of hydrogen-bond donors (Lipinski definition) is 2. The molecule has 2 unspecified atom stereocenters. The second kappa shape index (κ2) is 8.13. The predicted octanol–water partition coefficient (Wildman–Crippen LogP) is 1.95. The first-order valence-corrected chi connectivity index (χ1v) is 8.49. The molecule has 2 fully saturated rings. The third-order valence-electron chi connectivity index (χ3n) is 4.36. The highest BCUT2D eigenvalue weighted by atomic mass is 79.9. The Morgan fingerprint density at radius 2 is 2.04 bits per heavy atom. The molecule has 1 aromatic carbocycles. The van der Waals surface area contributed by atoms with Crippen LogP contribution in [0.15, 0.2) is 28.7 Å². The van der Waals surface area contributed by atoms with Crippen molar-refractivity contribution in [3.8, 4) is 0 Å². The van der Waals surface area contributed by atoms with Gasteiger partial charge in [0.15, 0.2) is 0 Å². The molecule has 0 aromatic heterocycles. The van der Waals surface area contributed by atoms with E-state index >= 15 is 0 Å². The topological polar surface area (TPSA) is 61.4 Å². The smallest absolute Gasteiger partial charge is 0.251 e. The third-order valence-corrected chi connectivity index (χ3v) is 4.86. The molecule has 2 saturated heterocycles. The van der Waals surface area contributed by atoms with Crippen molar-refractivity contribution in [3.05, 3.63) is 34.3 Å². The van der Waals surface area contributed by atoms with Crippen LogP contribution in [-0.2, 0) is 4.79 Å². The van der Waals surface area contributed by atoms with Crippen molar-refractivity contribution >= 4 is 40.2 Å². The Balaban J connectivity index is 0.00000192. The van der Waals surface area contributed by atoms with Crippen LogP contribution < -0.4 is 10.6 Å². The number of likely N-dealkylation sites (tertiary alicyclic amines) is 1. The summed E-state index contributed by atoms with van der Waals surface area (Å²) in [7, 11) is 0. The summed E-state index contributed by atoms with van der Waals surface area (Å²) in [6.45, 7) is 1.59. The van der Waals surface area contributed by atoms with Crippen molar-refractivity contribution in [1.82, 2.24) is 15.5 Å². The van der Waals surface area contributed by atoms with Crippen LogP contribution in [0.3, 0.4) is 0 Å². The maximum atomic E-state index is 12.3. The Morgan fingerprint density at radius 3 is 2.83 bits per heavy atom. The highest BCUT2D eigenvalue weighted by Gasteiger charge is 2.31. The van der Waals surface area contributed by atoms with E-state index in [0.717, 1.165) is 30.4 Å². The molecule has 0 aliphatic carbocycles. The van der Waals surface area contributed by atoms with Crippen molar-refractivity contribution in [1.29, 1.82) is 0 Å². The number of benzene rings is 1.